The highest BCUT2D eigenvalue weighted by Gasteiger charge is 2.41. The first kappa shape index (κ1) is 35.5. The number of hydrogen-bond donors (Lipinski definition) is 0. The fourth-order valence-corrected chi connectivity index (χ4v) is 5.90. The predicted octanol–water partition coefficient (Wildman–Crippen LogP) is 7.42. The van der Waals surface area contributed by atoms with Gasteiger partial charge in [0.25, 0.3) is 11.1 Å². The third-order valence-corrected chi connectivity index (χ3v) is 8.14. The fourth-order valence-electron chi connectivity index (χ4n) is 5.32. The van der Waals surface area contributed by atoms with Crippen LogP contribution in [0, 0.1) is 11.6 Å². The van der Waals surface area contributed by atoms with Crippen molar-refractivity contribution in [3.8, 4) is 22.8 Å². The second-order valence-electron chi connectivity index (χ2n) is 10.9. The minimum Gasteiger partial charge on any atom is -0.329 e. The van der Waals surface area contributed by atoms with E-state index in [0.29, 0.717) is 6.07 Å². The van der Waals surface area contributed by atoms with Crippen molar-refractivity contribution in [2.45, 2.75) is 30.9 Å². The zero-order valence-corrected chi connectivity index (χ0v) is 26.5. The van der Waals surface area contributed by atoms with Gasteiger partial charge in [0.15, 0.2) is 0 Å². The van der Waals surface area contributed by atoms with Crippen molar-refractivity contribution in [2.75, 3.05) is 0 Å². The Morgan fingerprint density at radius 1 is 0.706 bits per heavy atom. The van der Waals surface area contributed by atoms with Crippen molar-refractivity contribution in [1.82, 2.24) is 29.4 Å². The number of rotatable bonds is 8. The van der Waals surface area contributed by atoms with Crippen LogP contribution in [0.25, 0.3) is 22.8 Å². The number of benzene rings is 2. The van der Waals surface area contributed by atoms with E-state index in [4.69, 9.17) is 23.2 Å². The van der Waals surface area contributed by atoms with Crippen molar-refractivity contribution in [3.05, 3.63) is 138 Å². The second-order valence-corrected chi connectivity index (χ2v) is 11.8. The predicted molar refractivity (Wildman–Crippen MR) is 162 cm³/mol. The molecule has 0 aliphatic heterocycles. The molecule has 0 fully saturated rings. The summed E-state index contributed by atoms with van der Waals surface area (Å²) in [5.74, 6) is -6.44. The van der Waals surface area contributed by atoms with Crippen molar-refractivity contribution >= 4 is 23.2 Å². The maximum atomic E-state index is 15.3. The van der Waals surface area contributed by atoms with E-state index >= 15 is 4.39 Å². The summed E-state index contributed by atoms with van der Waals surface area (Å²) >= 11 is 12.8. The molecule has 4 aromatic heterocycles. The Hall–Kier alpha value is -5.36. The molecule has 0 saturated carbocycles. The number of alkyl halides is 6. The van der Waals surface area contributed by atoms with E-state index in [1.807, 2.05) is 0 Å². The molecule has 6 aromatic rings. The molecular formula is C31H16Cl2F8N6O4. The lowest BCUT2D eigenvalue weighted by Crippen LogP contribution is -2.48. The topological polar surface area (TPSA) is 122 Å². The number of hydrogen-bond acceptors (Lipinski definition) is 8. The number of halogens is 10. The highest BCUT2D eigenvalue weighted by Crippen LogP contribution is 2.39. The van der Waals surface area contributed by atoms with Crippen molar-refractivity contribution in [1.29, 1.82) is 0 Å². The SMILES string of the molecule is O=c1cc(-c2noc(C(F)(F)F)n2)ccn1CC(Cc1ccc(F)cc1F)(c1ccc(Cl)cc1Cl)n1ccc(-c2noc(C(F)(F)F)n2)cc1=O. The van der Waals surface area contributed by atoms with Gasteiger partial charge in [-0.25, -0.2) is 8.78 Å². The molecule has 0 saturated heterocycles. The summed E-state index contributed by atoms with van der Waals surface area (Å²) < 4.78 is 118. The summed E-state index contributed by atoms with van der Waals surface area (Å²) in [5.41, 5.74) is -4.18. The highest BCUT2D eigenvalue weighted by atomic mass is 35.5. The van der Waals surface area contributed by atoms with Crippen LogP contribution in [0.5, 0.6) is 0 Å². The molecular weight excluding hydrogens is 743 g/mol. The summed E-state index contributed by atoms with van der Waals surface area (Å²) in [6.45, 7) is -0.552. The minimum absolute atomic E-state index is 0.0786. The molecule has 6 rings (SSSR count). The van der Waals surface area contributed by atoms with Crippen molar-refractivity contribution in [3.63, 3.8) is 0 Å². The molecule has 0 aliphatic carbocycles. The Labute approximate surface area is 288 Å². The Morgan fingerprint density at radius 2 is 1.29 bits per heavy atom. The molecule has 4 heterocycles. The van der Waals surface area contributed by atoms with Crippen LogP contribution in [0.2, 0.25) is 10.0 Å². The molecule has 1 atom stereocenters. The van der Waals surface area contributed by atoms with Crippen LogP contribution in [-0.2, 0) is 30.9 Å². The lowest BCUT2D eigenvalue weighted by atomic mass is 9.82. The standard InChI is InChI=1S/C31H16Cl2F8N6O4/c32-18-2-4-20(21(33)11-18)29(13-17-1-3-19(34)12-22(17)35,47-8-6-16(10-24(47)49)26-43-28(51-45-26)31(39,40)41)14-46-7-5-15(9-23(46)48)25-42-27(50-44-25)30(36,37)38/h1-12H,13-14H2. The smallest absolute Gasteiger partial charge is 0.329 e. The molecule has 1 unspecified atom stereocenters. The summed E-state index contributed by atoms with van der Waals surface area (Å²) in [6.07, 6.45) is -8.19. The normalized spacial score (nSPS) is 13.4. The zero-order chi connectivity index (χ0) is 36.9. The third kappa shape index (κ3) is 7.14. The van der Waals surface area contributed by atoms with Gasteiger partial charge in [-0.1, -0.05) is 45.6 Å². The zero-order valence-electron chi connectivity index (χ0n) is 24.9. The summed E-state index contributed by atoms with van der Waals surface area (Å²) in [4.78, 5) is 34.1. The molecule has 10 nitrogen and oxygen atoms in total. The number of aromatic nitrogens is 6. The highest BCUT2D eigenvalue weighted by molar-refractivity contribution is 6.35. The van der Waals surface area contributed by atoms with E-state index in [-0.39, 0.29) is 32.3 Å². The van der Waals surface area contributed by atoms with Gasteiger partial charge in [-0.05, 0) is 41.5 Å². The van der Waals surface area contributed by atoms with Crippen LogP contribution in [0.1, 0.15) is 22.9 Å². The van der Waals surface area contributed by atoms with E-state index in [2.05, 4.69) is 29.3 Å². The summed E-state index contributed by atoms with van der Waals surface area (Å²) in [5, 5.41) is 6.61. The molecule has 264 valence electrons. The van der Waals surface area contributed by atoms with Gasteiger partial charge >= 0.3 is 24.1 Å². The van der Waals surface area contributed by atoms with Gasteiger partial charge in [0.2, 0.25) is 11.6 Å². The minimum atomic E-state index is -4.98. The van der Waals surface area contributed by atoms with E-state index in [1.54, 1.807) is 0 Å². The largest absolute Gasteiger partial charge is 0.471 e. The fraction of sp³-hybridized carbons (Fsp3) is 0.161. The monoisotopic (exact) mass is 758 g/mol. The average molecular weight is 759 g/mol. The Morgan fingerprint density at radius 3 is 1.80 bits per heavy atom. The first-order valence-corrected chi connectivity index (χ1v) is 14.9. The van der Waals surface area contributed by atoms with E-state index in [1.165, 1.54) is 24.3 Å². The third-order valence-electron chi connectivity index (χ3n) is 7.59. The van der Waals surface area contributed by atoms with Gasteiger partial charge in [0, 0.05) is 58.2 Å². The molecule has 0 amide bonds. The molecule has 0 bridgehead atoms. The van der Waals surface area contributed by atoms with Crippen LogP contribution >= 0.6 is 23.2 Å². The van der Waals surface area contributed by atoms with Crippen LogP contribution in [0.3, 0.4) is 0 Å². The Kier molecular flexibility index (Phi) is 9.09. The molecule has 20 heteroatoms. The second kappa shape index (κ2) is 13.1. The molecule has 0 N–H and O–H groups in total. The first-order chi connectivity index (χ1) is 23.9. The van der Waals surface area contributed by atoms with Crippen LogP contribution in [0.15, 0.2) is 91.7 Å². The van der Waals surface area contributed by atoms with Gasteiger partial charge in [0.1, 0.15) is 11.6 Å². The lowest BCUT2D eigenvalue weighted by molar-refractivity contribution is -0.160. The Bertz CT molecular complexity index is 2390. The van der Waals surface area contributed by atoms with Crippen LogP contribution in [0.4, 0.5) is 35.1 Å². The first-order valence-electron chi connectivity index (χ1n) is 14.1. The summed E-state index contributed by atoms with van der Waals surface area (Å²) in [6, 6.07) is 10.8. The van der Waals surface area contributed by atoms with Crippen molar-refractivity contribution in [2.24, 2.45) is 0 Å². The molecule has 2 aromatic carbocycles. The lowest BCUT2D eigenvalue weighted by Gasteiger charge is -2.38. The van der Waals surface area contributed by atoms with Crippen LogP contribution in [-0.4, -0.2) is 29.4 Å². The van der Waals surface area contributed by atoms with Gasteiger partial charge in [0.05, 0.1) is 12.1 Å². The van der Waals surface area contributed by atoms with Crippen LogP contribution < -0.4 is 11.1 Å². The van der Waals surface area contributed by atoms with Crippen molar-refractivity contribution < 1.29 is 44.2 Å². The summed E-state index contributed by atoms with van der Waals surface area (Å²) in [7, 11) is 0. The maximum Gasteiger partial charge on any atom is 0.471 e. The number of nitrogens with zero attached hydrogens (tertiary/aromatic N) is 6. The quantitative estimate of drug-likeness (QED) is 0.147. The molecule has 0 spiro atoms. The average Bonchev–Trinajstić information content (AvgIpc) is 3.75. The maximum absolute atomic E-state index is 15.3. The molecule has 51 heavy (non-hydrogen) atoms. The van der Waals surface area contributed by atoms with E-state index < -0.39 is 77.0 Å². The van der Waals surface area contributed by atoms with E-state index in [0.717, 1.165) is 51.9 Å². The molecule has 0 aliphatic rings. The van der Waals surface area contributed by atoms with E-state index in [9.17, 15) is 40.3 Å². The molecule has 0 radical (unpaired) electrons. The number of pyridine rings is 2. The van der Waals surface area contributed by atoms with Gasteiger partial charge in [-0.15, -0.1) is 0 Å². The Balaban J connectivity index is 1.55. The van der Waals surface area contributed by atoms with Gasteiger partial charge in [-0.2, -0.15) is 36.3 Å². The van der Waals surface area contributed by atoms with Gasteiger partial charge in [-0.3, -0.25) is 9.59 Å². The van der Waals surface area contributed by atoms with Gasteiger partial charge < -0.3 is 18.2 Å².